The van der Waals surface area contributed by atoms with Crippen molar-refractivity contribution in [1.82, 2.24) is 9.80 Å². The van der Waals surface area contributed by atoms with Gasteiger partial charge < -0.3 is 9.80 Å². The third-order valence-corrected chi connectivity index (χ3v) is 7.82. The van der Waals surface area contributed by atoms with Crippen LogP contribution in [0.2, 0.25) is 0 Å². The molecule has 34 heavy (non-hydrogen) atoms. The molecule has 0 aromatic heterocycles. The molecule has 202 valence electrons. The Morgan fingerprint density at radius 1 is 0.382 bits per heavy atom. The van der Waals surface area contributed by atoms with E-state index in [1.165, 1.54) is 167 Å². The van der Waals surface area contributed by atoms with Crippen LogP contribution in [0.5, 0.6) is 0 Å². The van der Waals surface area contributed by atoms with E-state index in [9.17, 15) is 0 Å². The molecule has 0 spiro atoms. The molecule has 2 nitrogen and oxygen atoms in total. The first-order chi connectivity index (χ1) is 16.8. The zero-order valence-corrected chi connectivity index (χ0v) is 24.0. The molecule has 1 unspecified atom stereocenters. The molecule has 0 amide bonds. The monoisotopic (exact) mass is 477 g/mol. The Bertz CT molecular complexity index is 433. The molecular formula is C32H64N2. The van der Waals surface area contributed by atoms with Crippen LogP contribution in [0.25, 0.3) is 0 Å². The summed E-state index contributed by atoms with van der Waals surface area (Å²) < 4.78 is 0. The maximum absolute atomic E-state index is 2.66. The minimum atomic E-state index is 0.644. The van der Waals surface area contributed by atoms with Gasteiger partial charge in [0.05, 0.1) is 0 Å². The molecule has 1 heterocycles. The second kappa shape index (κ2) is 24.1. The van der Waals surface area contributed by atoms with Crippen LogP contribution >= 0.6 is 0 Å². The van der Waals surface area contributed by atoms with Gasteiger partial charge in [0.1, 0.15) is 6.17 Å². The quantitative estimate of drug-likeness (QED) is 0.114. The van der Waals surface area contributed by atoms with Crippen molar-refractivity contribution in [2.24, 2.45) is 0 Å². The molecule has 1 aliphatic heterocycles. The van der Waals surface area contributed by atoms with E-state index in [2.05, 4.69) is 43.0 Å². The molecule has 0 saturated carbocycles. The van der Waals surface area contributed by atoms with Crippen molar-refractivity contribution in [1.29, 1.82) is 0 Å². The van der Waals surface area contributed by atoms with Crippen molar-refractivity contribution in [3.63, 3.8) is 0 Å². The summed E-state index contributed by atoms with van der Waals surface area (Å²) in [5.74, 6) is 0. The highest BCUT2D eigenvalue weighted by atomic mass is 15.4. The number of nitrogens with zero attached hydrogens (tertiary/aromatic N) is 2. The summed E-state index contributed by atoms with van der Waals surface area (Å²) in [5, 5.41) is 0. The van der Waals surface area contributed by atoms with Crippen LogP contribution in [0.1, 0.15) is 175 Å². The lowest BCUT2D eigenvalue weighted by Crippen LogP contribution is -2.39. The van der Waals surface area contributed by atoms with Gasteiger partial charge in [0.2, 0.25) is 0 Å². The summed E-state index contributed by atoms with van der Waals surface area (Å²) in [5.41, 5.74) is 0. The molecule has 0 N–H and O–H groups in total. The summed E-state index contributed by atoms with van der Waals surface area (Å²) in [7, 11) is 0. The summed E-state index contributed by atoms with van der Waals surface area (Å²) in [4.78, 5) is 5.31. The number of rotatable bonds is 26. The van der Waals surface area contributed by atoms with Crippen LogP contribution in [-0.4, -0.2) is 29.1 Å². The lowest BCUT2D eigenvalue weighted by atomic mass is 10.0. The van der Waals surface area contributed by atoms with E-state index >= 15 is 0 Å². The highest BCUT2D eigenvalue weighted by Gasteiger charge is 2.24. The van der Waals surface area contributed by atoms with Gasteiger partial charge in [-0.05, 0) is 25.7 Å². The molecule has 2 heteroatoms. The van der Waals surface area contributed by atoms with Crippen molar-refractivity contribution < 1.29 is 0 Å². The van der Waals surface area contributed by atoms with E-state index in [1.54, 1.807) is 0 Å². The molecule has 1 aliphatic rings. The fourth-order valence-corrected chi connectivity index (χ4v) is 5.48. The number of hydrogen-bond donors (Lipinski definition) is 0. The van der Waals surface area contributed by atoms with Crippen molar-refractivity contribution in [3.05, 3.63) is 12.4 Å². The minimum absolute atomic E-state index is 0.644. The van der Waals surface area contributed by atoms with Crippen LogP contribution in [0.4, 0.5) is 0 Å². The molecule has 0 aliphatic carbocycles. The zero-order valence-electron chi connectivity index (χ0n) is 24.0. The standard InChI is InChI=1S/C32H64N2/c1-4-7-10-12-13-14-15-16-17-18-19-20-21-22-23-24-27-32-33(28-25-9-6-3)30-31-34(32)29-26-11-8-5-2/h30-32H,4-29H2,1-3H3. The first-order valence-electron chi connectivity index (χ1n) is 16.0. The predicted molar refractivity (Wildman–Crippen MR) is 154 cm³/mol. The van der Waals surface area contributed by atoms with Gasteiger partial charge in [-0.2, -0.15) is 0 Å². The first kappa shape index (κ1) is 31.4. The molecule has 0 radical (unpaired) electrons. The Hall–Kier alpha value is -0.660. The molecule has 0 fully saturated rings. The lowest BCUT2D eigenvalue weighted by Gasteiger charge is -2.33. The smallest absolute Gasteiger partial charge is 0.101 e. The van der Waals surface area contributed by atoms with E-state index in [0.717, 1.165) is 0 Å². The third kappa shape index (κ3) is 16.9. The predicted octanol–water partition coefficient (Wildman–Crippen LogP) is 10.8. The van der Waals surface area contributed by atoms with Crippen molar-refractivity contribution in [2.45, 2.75) is 181 Å². The average Bonchev–Trinajstić information content (AvgIpc) is 3.23. The van der Waals surface area contributed by atoms with Gasteiger partial charge in [-0.3, -0.25) is 0 Å². The van der Waals surface area contributed by atoms with Crippen molar-refractivity contribution in [3.8, 4) is 0 Å². The van der Waals surface area contributed by atoms with Crippen molar-refractivity contribution >= 4 is 0 Å². The molecule has 1 rings (SSSR count). The molecule has 0 bridgehead atoms. The van der Waals surface area contributed by atoms with Gasteiger partial charge in [0.25, 0.3) is 0 Å². The maximum Gasteiger partial charge on any atom is 0.101 e. The Balaban J connectivity index is 2.03. The fraction of sp³-hybridized carbons (Fsp3) is 0.938. The second-order valence-electron chi connectivity index (χ2n) is 11.1. The number of hydrogen-bond acceptors (Lipinski definition) is 2. The highest BCUT2D eigenvalue weighted by Crippen LogP contribution is 2.23. The Labute approximate surface area is 216 Å². The summed E-state index contributed by atoms with van der Waals surface area (Å²) in [6.45, 7) is 9.43. The zero-order chi connectivity index (χ0) is 24.5. The third-order valence-electron chi connectivity index (χ3n) is 7.82. The second-order valence-corrected chi connectivity index (χ2v) is 11.1. The van der Waals surface area contributed by atoms with Gasteiger partial charge in [0, 0.05) is 25.5 Å². The first-order valence-corrected chi connectivity index (χ1v) is 16.0. The largest absolute Gasteiger partial charge is 0.356 e. The molecule has 0 aromatic rings. The molecule has 1 atom stereocenters. The SMILES string of the molecule is CCCCCCCCCCCCCCCCCCC1N(CCCCC)C=CN1CCCCCC. The van der Waals surface area contributed by atoms with Gasteiger partial charge in [-0.15, -0.1) is 0 Å². The van der Waals surface area contributed by atoms with E-state index in [4.69, 9.17) is 0 Å². The Morgan fingerprint density at radius 3 is 1.09 bits per heavy atom. The highest BCUT2D eigenvalue weighted by molar-refractivity contribution is 4.96. The summed E-state index contributed by atoms with van der Waals surface area (Å²) >= 11 is 0. The van der Waals surface area contributed by atoms with Gasteiger partial charge in [-0.25, -0.2) is 0 Å². The van der Waals surface area contributed by atoms with E-state index in [1.807, 2.05) is 0 Å². The topological polar surface area (TPSA) is 6.48 Å². The van der Waals surface area contributed by atoms with Crippen LogP contribution in [0, 0.1) is 0 Å². The molecule has 0 saturated heterocycles. The summed E-state index contributed by atoms with van der Waals surface area (Å²) in [6, 6.07) is 0. The van der Waals surface area contributed by atoms with E-state index in [0.29, 0.717) is 6.17 Å². The van der Waals surface area contributed by atoms with Crippen LogP contribution in [-0.2, 0) is 0 Å². The lowest BCUT2D eigenvalue weighted by molar-refractivity contribution is 0.135. The average molecular weight is 477 g/mol. The summed E-state index contributed by atoms with van der Waals surface area (Å²) in [6.07, 6.45) is 39.6. The Morgan fingerprint density at radius 2 is 0.676 bits per heavy atom. The van der Waals surface area contributed by atoms with E-state index in [-0.39, 0.29) is 0 Å². The van der Waals surface area contributed by atoms with Gasteiger partial charge in [0.15, 0.2) is 0 Å². The fourth-order valence-electron chi connectivity index (χ4n) is 5.48. The minimum Gasteiger partial charge on any atom is -0.356 e. The van der Waals surface area contributed by atoms with Crippen LogP contribution in [0.3, 0.4) is 0 Å². The molecule has 0 aromatic carbocycles. The van der Waals surface area contributed by atoms with Crippen LogP contribution in [0.15, 0.2) is 12.4 Å². The Kier molecular flexibility index (Phi) is 22.2. The van der Waals surface area contributed by atoms with Crippen molar-refractivity contribution in [2.75, 3.05) is 13.1 Å². The van der Waals surface area contributed by atoms with Crippen LogP contribution < -0.4 is 0 Å². The van der Waals surface area contributed by atoms with E-state index < -0.39 is 0 Å². The van der Waals surface area contributed by atoms with Gasteiger partial charge in [-0.1, -0.05) is 149 Å². The van der Waals surface area contributed by atoms with Gasteiger partial charge >= 0.3 is 0 Å². The molecular weight excluding hydrogens is 412 g/mol. The normalized spacial score (nSPS) is 15.7. The number of unbranched alkanes of at least 4 members (excludes halogenated alkanes) is 20. The maximum atomic E-state index is 2.66.